The molecule has 0 amide bonds. The average Bonchev–Trinajstić information content (AvgIpc) is 2.85. The molecule has 1 heterocycles. The number of rotatable bonds is 5. The lowest BCUT2D eigenvalue weighted by atomic mass is 9.95. The molecular formula is C16H25N3O2. The summed E-state index contributed by atoms with van der Waals surface area (Å²) in [4.78, 5) is 18.0. The van der Waals surface area contributed by atoms with E-state index in [4.69, 9.17) is 0 Å². The van der Waals surface area contributed by atoms with E-state index in [1.807, 2.05) is 13.0 Å². The summed E-state index contributed by atoms with van der Waals surface area (Å²) in [6.07, 6.45) is 4.77. The van der Waals surface area contributed by atoms with Gasteiger partial charge < -0.3 is 15.3 Å². The van der Waals surface area contributed by atoms with E-state index in [1.54, 1.807) is 6.92 Å². The van der Waals surface area contributed by atoms with E-state index >= 15 is 0 Å². The largest absolute Gasteiger partial charge is 0.478 e. The lowest BCUT2D eigenvalue weighted by molar-refractivity contribution is 0.0696. The van der Waals surface area contributed by atoms with Crippen LogP contribution in [0, 0.1) is 13.8 Å². The Morgan fingerprint density at radius 2 is 2.00 bits per heavy atom. The van der Waals surface area contributed by atoms with Crippen molar-refractivity contribution in [3.8, 4) is 0 Å². The third-order valence-corrected chi connectivity index (χ3v) is 4.63. The van der Waals surface area contributed by atoms with Crippen LogP contribution in [0.1, 0.15) is 47.4 Å². The van der Waals surface area contributed by atoms with Crippen molar-refractivity contribution in [2.45, 2.75) is 45.1 Å². The van der Waals surface area contributed by atoms with Gasteiger partial charge in [0, 0.05) is 17.8 Å². The maximum absolute atomic E-state index is 11.5. The third-order valence-electron chi connectivity index (χ3n) is 4.63. The maximum atomic E-state index is 11.5. The molecule has 0 radical (unpaired) electrons. The number of hydrogen-bond donors (Lipinski definition) is 2. The zero-order valence-electron chi connectivity index (χ0n) is 13.4. The molecule has 1 aliphatic carbocycles. The summed E-state index contributed by atoms with van der Waals surface area (Å²) in [7, 11) is 4.21. The van der Waals surface area contributed by atoms with Crippen LogP contribution in [0.3, 0.4) is 0 Å². The summed E-state index contributed by atoms with van der Waals surface area (Å²) in [6.45, 7) is 4.41. The second-order valence-electron chi connectivity index (χ2n) is 6.26. The minimum Gasteiger partial charge on any atom is -0.478 e. The summed E-state index contributed by atoms with van der Waals surface area (Å²) >= 11 is 0. The summed E-state index contributed by atoms with van der Waals surface area (Å²) < 4.78 is 0. The highest BCUT2D eigenvalue weighted by Gasteiger charge is 2.36. The van der Waals surface area contributed by atoms with Crippen molar-refractivity contribution in [1.82, 2.24) is 9.88 Å². The summed E-state index contributed by atoms with van der Waals surface area (Å²) in [5.74, 6) is -0.923. The predicted molar refractivity (Wildman–Crippen MR) is 84.0 cm³/mol. The minimum absolute atomic E-state index is 0.126. The van der Waals surface area contributed by atoms with Crippen molar-refractivity contribution in [3.63, 3.8) is 0 Å². The van der Waals surface area contributed by atoms with E-state index < -0.39 is 5.97 Å². The summed E-state index contributed by atoms with van der Waals surface area (Å²) in [5, 5.41) is 12.8. The zero-order valence-corrected chi connectivity index (χ0v) is 13.4. The number of pyridine rings is 1. The molecule has 2 rings (SSSR count). The molecule has 1 aromatic rings. The molecule has 0 bridgehead atoms. The number of nitrogens with one attached hydrogen (secondary N) is 1. The van der Waals surface area contributed by atoms with Crippen LogP contribution in [-0.2, 0) is 0 Å². The van der Waals surface area contributed by atoms with Gasteiger partial charge in [0.05, 0.1) is 11.4 Å². The van der Waals surface area contributed by atoms with Gasteiger partial charge >= 0.3 is 5.97 Å². The predicted octanol–water partition coefficient (Wildman–Crippen LogP) is 2.68. The highest BCUT2D eigenvalue weighted by Crippen LogP contribution is 2.34. The maximum Gasteiger partial charge on any atom is 0.339 e. The van der Waals surface area contributed by atoms with Crippen molar-refractivity contribution in [1.29, 1.82) is 0 Å². The molecule has 21 heavy (non-hydrogen) atoms. The fraction of sp³-hybridized carbons (Fsp3) is 0.625. The van der Waals surface area contributed by atoms with E-state index in [-0.39, 0.29) is 11.1 Å². The number of aromatic nitrogens is 1. The lowest BCUT2D eigenvalue weighted by Gasteiger charge is -2.37. The van der Waals surface area contributed by atoms with E-state index in [2.05, 4.69) is 29.3 Å². The van der Waals surface area contributed by atoms with Gasteiger partial charge in [0.1, 0.15) is 5.56 Å². The number of carbonyl (C=O) groups is 1. The number of nitrogens with zero attached hydrogens (tertiary/aromatic N) is 2. The Hall–Kier alpha value is -1.62. The van der Waals surface area contributed by atoms with Gasteiger partial charge in [-0.05, 0) is 46.9 Å². The molecule has 0 aliphatic heterocycles. The number of carboxylic acid groups (broad SMARTS) is 1. The second-order valence-corrected chi connectivity index (χ2v) is 6.26. The molecule has 0 spiro atoms. The fourth-order valence-corrected chi connectivity index (χ4v) is 3.31. The molecule has 2 N–H and O–H groups in total. The molecule has 0 aromatic carbocycles. The number of carboxylic acids is 1. The Balaban J connectivity index is 2.25. The van der Waals surface area contributed by atoms with Crippen molar-refractivity contribution < 1.29 is 9.90 Å². The van der Waals surface area contributed by atoms with Crippen LogP contribution in [0.5, 0.6) is 0 Å². The standard InChI is InChI=1S/C16H25N3O2/c1-11-9-13(14(15(20)21)12(2)18-11)17-10-16(19(3)4)7-5-6-8-16/h9H,5-8,10H2,1-4H3,(H,17,18)(H,20,21). The number of aromatic carboxylic acids is 1. The van der Waals surface area contributed by atoms with Gasteiger partial charge in [-0.25, -0.2) is 4.79 Å². The van der Waals surface area contributed by atoms with E-state index in [1.165, 1.54) is 12.8 Å². The van der Waals surface area contributed by atoms with Gasteiger partial charge in [-0.2, -0.15) is 0 Å². The van der Waals surface area contributed by atoms with Gasteiger partial charge in [0.25, 0.3) is 0 Å². The van der Waals surface area contributed by atoms with Crippen molar-refractivity contribution in [2.75, 3.05) is 26.0 Å². The third kappa shape index (κ3) is 3.18. The van der Waals surface area contributed by atoms with Gasteiger partial charge in [0.2, 0.25) is 0 Å². The number of aryl methyl sites for hydroxylation is 2. The Morgan fingerprint density at radius 1 is 1.38 bits per heavy atom. The molecule has 5 heteroatoms. The quantitative estimate of drug-likeness (QED) is 0.873. The van der Waals surface area contributed by atoms with Crippen LogP contribution < -0.4 is 5.32 Å². The monoisotopic (exact) mass is 291 g/mol. The Labute approximate surface area is 126 Å². The second kappa shape index (κ2) is 6.02. The van der Waals surface area contributed by atoms with Gasteiger partial charge in [0.15, 0.2) is 0 Å². The summed E-state index contributed by atoms with van der Waals surface area (Å²) in [5.41, 5.74) is 2.50. The molecule has 0 atom stereocenters. The van der Waals surface area contributed by atoms with Crippen LogP contribution in [0.15, 0.2) is 6.07 Å². The first-order valence-corrected chi connectivity index (χ1v) is 7.48. The minimum atomic E-state index is -0.923. The Kier molecular flexibility index (Phi) is 4.52. The van der Waals surface area contributed by atoms with Gasteiger partial charge in [-0.3, -0.25) is 4.98 Å². The normalized spacial score (nSPS) is 17.2. The lowest BCUT2D eigenvalue weighted by Crippen LogP contribution is -2.47. The van der Waals surface area contributed by atoms with Crippen molar-refractivity contribution >= 4 is 11.7 Å². The van der Waals surface area contributed by atoms with Gasteiger partial charge in [-0.15, -0.1) is 0 Å². The molecule has 0 saturated heterocycles. The molecule has 5 nitrogen and oxygen atoms in total. The van der Waals surface area contributed by atoms with E-state index in [9.17, 15) is 9.90 Å². The van der Waals surface area contributed by atoms with E-state index in [0.717, 1.165) is 25.1 Å². The first-order valence-electron chi connectivity index (χ1n) is 7.48. The van der Waals surface area contributed by atoms with Crippen LogP contribution in [0.2, 0.25) is 0 Å². The van der Waals surface area contributed by atoms with Crippen LogP contribution >= 0.6 is 0 Å². The fourth-order valence-electron chi connectivity index (χ4n) is 3.31. The number of hydrogen-bond acceptors (Lipinski definition) is 4. The molecule has 1 saturated carbocycles. The SMILES string of the molecule is Cc1cc(NCC2(N(C)C)CCCC2)c(C(=O)O)c(C)n1. The molecule has 0 unspecified atom stereocenters. The van der Waals surface area contributed by atoms with Crippen molar-refractivity contribution in [3.05, 3.63) is 23.0 Å². The Bertz CT molecular complexity index is 535. The molecule has 116 valence electrons. The van der Waals surface area contributed by atoms with Crippen molar-refractivity contribution in [2.24, 2.45) is 0 Å². The van der Waals surface area contributed by atoms with Crippen LogP contribution in [0.25, 0.3) is 0 Å². The average molecular weight is 291 g/mol. The molecule has 1 fully saturated rings. The number of anilines is 1. The smallest absolute Gasteiger partial charge is 0.339 e. The van der Waals surface area contributed by atoms with E-state index in [0.29, 0.717) is 11.4 Å². The molecule has 1 aromatic heterocycles. The van der Waals surface area contributed by atoms with Crippen LogP contribution in [-0.4, -0.2) is 47.1 Å². The molecule has 1 aliphatic rings. The summed E-state index contributed by atoms with van der Waals surface area (Å²) in [6, 6.07) is 1.83. The highest BCUT2D eigenvalue weighted by molar-refractivity contribution is 5.95. The zero-order chi connectivity index (χ0) is 15.6. The highest BCUT2D eigenvalue weighted by atomic mass is 16.4. The van der Waals surface area contributed by atoms with Crippen LogP contribution in [0.4, 0.5) is 5.69 Å². The molecular weight excluding hydrogens is 266 g/mol. The first-order chi connectivity index (χ1) is 9.85. The van der Waals surface area contributed by atoms with Gasteiger partial charge in [-0.1, -0.05) is 12.8 Å². The first kappa shape index (κ1) is 15.8. The topological polar surface area (TPSA) is 65.5 Å². The Morgan fingerprint density at radius 3 is 2.52 bits per heavy atom. The number of likely N-dealkylation sites (N-methyl/N-ethyl adjacent to an activating group) is 1.